The molecule has 1 aromatic rings. The molecule has 0 spiro atoms. The number of amides is 2. The van der Waals surface area contributed by atoms with Gasteiger partial charge in [-0.2, -0.15) is 0 Å². The number of carbonyl (C=O) groups is 2. The largest absolute Gasteiger partial charge is 0.346 e. The number of hydrogen-bond acceptors (Lipinski definition) is 4. The molecule has 1 fully saturated rings. The highest BCUT2D eigenvalue weighted by molar-refractivity contribution is 5.85. The van der Waals surface area contributed by atoms with Crippen LogP contribution >= 0.6 is 0 Å². The van der Waals surface area contributed by atoms with E-state index in [2.05, 4.69) is 41.5 Å². The molecule has 0 unspecified atom stereocenters. The lowest BCUT2D eigenvalue weighted by molar-refractivity contribution is -0.133. The summed E-state index contributed by atoms with van der Waals surface area (Å²) in [7, 11) is 2.15. The molecule has 2 rings (SSSR count). The van der Waals surface area contributed by atoms with Crippen LogP contribution in [-0.4, -0.2) is 61.4 Å². The number of nitrogens with zero attached hydrogens (tertiary/aromatic N) is 2. The summed E-state index contributed by atoms with van der Waals surface area (Å²) in [6, 6.07) is 10.5. The van der Waals surface area contributed by atoms with E-state index in [1.807, 2.05) is 11.0 Å². The fourth-order valence-electron chi connectivity index (χ4n) is 3.12. The topological polar surface area (TPSA) is 78.7 Å². The normalized spacial score (nSPS) is 15.5. The Labute approximate surface area is 144 Å². The van der Waals surface area contributed by atoms with Crippen LogP contribution in [0, 0.1) is 5.92 Å². The van der Waals surface area contributed by atoms with E-state index in [9.17, 15) is 9.59 Å². The fraction of sp³-hybridized carbons (Fsp3) is 0.556. The fourth-order valence-corrected chi connectivity index (χ4v) is 3.12. The average molecular weight is 332 g/mol. The lowest BCUT2D eigenvalue weighted by atomic mass is 9.96. The standard InChI is InChI=1S/C18H28N4O2/c1-21(13-15-5-3-2-4-6-15)14-16-7-9-22(10-8-16)18(24)12-20-17(23)11-19/h2-6,16H,7-14,19H2,1H3,(H,20,23). The van der Waals surface area contributed by atoms with Crippen LogP contribution in [0.25, 0.3) is 0 Å². The average Bonchev–Trinajstić information content (AvgIpc) is 2.60. The highest BCUT2D eigenvalue weighted by Gasteiger charge is 2.23. The van der Waals surface area contributed by atoms with Gasteiger partial charge in [-0.05, 0) is 31.4 Å². The van der Waals surface area contributed by atoms with Crippen molar-refractivity contribution in [2.45, 2.75) is 19.4 Å². The molecule has 3 N–H and O–H groups in total. The van der Waals surface area contributed by atoms with Crippen molar-refractivity contribution in [1.29, 1.82) is 0 Å². The van der Waals surface area contributed by atoms with Gasteiger partial charge < -0.3 is 20.9 Å². The summed E-state index contributed by atoms with van der Waals surface area (Å²) in [5.41, 5.74) is 6.54. The maximum Gasteiger partial charge on any atom is 0.241 e. The number of piperidine rings is 1. The molecule has 24 heavy (non-hydrogen) atoms. The van der Waals surface area contributed by atoms with Gasteiger partial charge in [0.05, 0.1) is 13.1 Å². The zero-order chi connectivity index (χ0) is 17.4. The van der Waals surface area contributed by atoms with E-state index in [0.29, 0.717) is 5.92 Å². The summed E-state index contributed by atoms with van der Waals surface area (Å²) in [6.45, 7) is 3.49. The molecule has 1 heterocycles. The second-order valence-corrected chi connectivity index (χ2v) is 6.49. The molecular weight excluding hydrogens is 304 g/mol. The van der Waals surface area contributed by atoms with Crippen molar-refractivity contribution >= 4 is 11.8 Å². The van der Waals surface area contributed by atoms with Crippen molar-refractivity contribution in [2.24, 2.45) is 11.7 Å². The van der Waals surface area contributed by atoms with Crippen molar-refractivity contribution in [1.82, 2.24) is 15.1 Å². The molecule has 1 saturated heterocycles. The number of rotatable bonds is 7. The molecule has 1 aromatic carbocycles. The zero-order valence-corrected chi connectivity index (χ0v) is 14.4. The number of nitrogens with one attached hydrogen (secondary N) is 1. The molecule has 6 heteroatoms. The molecule has 132 valence electrons. The smallest absolute Gasteiger partial charge is 0.241 e. The van der Waals surface area contributed by atoms with Crippen LogP contribution in [0.1, 0.15) is 18.4 Å². The van der Waals surface area contributed by atoms with Crippen molar-refractivity contribution in [2.75, 3.05) is 39.8 Å². The third kappa shape index (κ3) is 5.94. The quantitative estimate of drug-likeness (QED) is 0.759. The highest BCUT2D eigenvalue weighted by Crippen LogP contribution is 2.19. The van der Waals surface area contributed by atoms with Gasteiger partial charge in [0.2, 0.25) is 11.8 Å². The van der Waals surface area contributed by atoms with Crippen molar-refractivity contribution in [3.05, 3.63) is 35.9 Å². The minimum absolute atomic E-state index is 0.0205. The molecule has 6 nitrogen and oxygen atoms in total. The van der Waals surface area contributed by atoms with E-state index >= 15 is 0 Å². The number of nitrogens with two attached hydrogens (primary N) is 1. The Kier molecular flexibility index (Phi) is 7.21. The maximum absolute atomic E-state index is 12.0. The molecule has 0 aliphatic carbocycles. The summed E-state index contributed by atoms with van der Waals surface area (Å²) in [4.78, 5) is 27.3. The molecule has 0 radical (unpaired) electrons. The molecular formula is C18H28N4O2. The van der Waals surface area contributed by atoms with Gasteiger partial charge in [-0.15, -0.1) is 0 Å². The molecule has 2 amide bonds. The predicted octanol–water partition coefficient (Wildman–Crippen LogP) is 0.432. The summed E-state index contributed by atoms with van der Waals surface area (Å²) >= 11 is 0. The Hall–Kier alpha value is -1.92. The summed E-state index contributed by atoms with van der Waals surface area (Å²) in [5.74, 6) is 0.301. The summed E-state index contributed by atoms with van der Waals surface area (Å²) in [6.07, 6.45) is 2.02. The molecule has 0 saturated carbocycles. The SMILES string of the molecule is CN(Cc1ccccc1)CC1CCN(C(=O)CNC(=O)CN)CC1. The van der Waals surface area contributed by atoms with E-state index in [-0.39, 0.29) is 24.9 Å². The lowest BCUT2D eigenvalue weighted by Gasteiger charge is -2.34. The minimum atomic E-state index is -0.291. The Bertz CT molecular complexity index is 527. The predicted molar refractivity (Wildman–Crippen MR) is 94.1 cm³/mol. The third-order valence-electron chi connectivity index (χ3n) is 4.45. The van der Waals surface area contributed by atoms with E-state index < -0.39 is 0 Å². The van der Waals surface area contributed by atoms with Gasteiger partial charge in [-0.25, -0.2) is 0 Å². The first kappa shape index (κ1) is 18.4. The van der Waals surface area contributed by atoms with Crippen LogP contribution < -0.4 is 11.1 Å². The van der Waals surface area contributed by atoms with E-state index in [1.54, 1.807) is 0 Å². The second-order valence-electron chi connectivity index (χ2n) is 6.49. The molecule has 0 atom stereocenters. The zero-order valence-electron chi connectivity index (χ0n) is 14.4. The van der Waals surface area contributed by atoms with Gasteiger partial charge in [0.15, 0.2) is 0 Å². The van der Waals surface area contributed by atoms with Crippen LogP contribution in [0.3, 0.4) is 0 Å². The molecule has 1 aliphatic heterocycles. The minimum Gasteiger partial charge on any atom is -0.346 e. The molecule has 0 bridgehead atoms. The summed E-state index contributed by atoms with van der Waals surface area (Å²) in [5, 5.41) is 2.54. The monoisotopic (exact) mass is 332 g/mol. The molecule has 1 aliphatic rings. The van der Waals surface area contributed by atoms with Crippen LogP contribution in [-0.2, 0) is 16.1 Å². The molecule has 0 aromatic heterocycles. The van der Waals surface area contributed by atoms with Gasteiger partial charge in [0.1, 0.15) is 0 Å². The number of likely N-dealkylation sites (tertiary alicyclic amines) is 1. The lowest BCUT2D eigenvalue weighted by Crippen LogP contribution is -2.46. The first-order valence-electron chi connectivity index (χ1n) is 8.55. The highest BCUT2D eigenvalue weighted by atomic mass is 16.2. The summed E-state index contributed by atoms with van der Waals surface area (Å²) < 4.78 is 0. The van der Waals surface area contributed by atoms with E-state index in [0.717, 1.165) is 39.0 Å². The maximum atomic E-state index is 12.0. The van der Waals surface area contributed by atoms with Crippen LogP contribution in [0.4, 0.5) is 0 Å². The Morgan fingerprint density at radius 1 is 1.25 bits per heavy atom. The van der Waals surface area contributed by atoms with Crippen molar-refractivity contribution in [3.8, 4) is 0 Å². The third-order valence-corrected chi connectivity index (χ3v) is 4.45. The number of benzene rings is 1. The Balaban J connectivity index is 1.68. The number of hydrogen-bond donors (Lipinski definition) is 2. The van der Waals surface area contributed by atoms with Crippen LogP contribution in [0.2, 0.25) is 0 Å². The Morgan fingerprint density at radius 3 is 2.54 bits per heavy atom. The van der Waals surface area contributed by atoms with Gasteiger partial charge in [0, 0.05) is 26.2 Å². The van der Waals surface area contributed by atoms with E-state index in [1.165, 1.54) is 5.56 Å². The van der Waals surface area contributed by atoms with E-state index in [4.69, 9.17) is 5.73 Å². The van der Waals surface area contributed by atoms with Gasteiger partial charge in [-0.1, -0.05) is 30.3 Å². The van der Waals surface area contributed by atoms with Crippen LogP contribution in [0.15, 0.2) is 30.3 Å². The van der Waals surface area contributed by atoms with Crippen LogP contribution in [0.5, 0.6) is 0 Å². The number of carbonyl (C=O) groups excluding carboxylic acids is 2. The Morgan fingerprint density at radius 2 is 1.92 bits per heavy atom. The van der Waals surface area contributed by atoms with Crippen molar-refractivity contribution < 1.29 is 9.59 Å². The van der Waals surface area contributed by atoms with Gasteiger partial charge in [-0.3, -0.25) is 9.59 Å². The van der Waals surface area contributed by atoms with Crippen molar-refractivity contribution in [3.63, 3.8) is 0 Å². The second kappa shape index (κ2) is 9.39. The van der Waals surface area contributed by atoms with Gasteiger partial charge in [0.25, 0.3) is 0 Å². The first-order valence-corrected chi connectivity index (χ1v) is 8.55. The van der Waals surface area contributed by atoms with Gasteiger partial charge >= 0.3 is 0 Å². The first-order chi connectivity index (χ1) is 11.6.